The van der Waals surface area contributed by atoms with E-state index in [0.29, 0.717) is 0 Å². The van der Waals surface area contributed by atoms with Crippen LogP contribution in [0.15, 0.2) is 58.0 Å². The number of aryl methyl sites for hydroxylation is 1. The molecule has 0 atom stereocenters. The quantitative estimate of drug-likeness (QED) is 0.308. The topological polar surface area (TPSA) is 70.1 Å². The number of aromatic nitrogens is 2. The van der Waals surface area contributed by atoms with Crippen LogP contribution in [0.2, 0.25) is 0 Å². The standard InChI is InChI=1S/C19H16N4OS2/c1-12-14(13-6-2-3-7-15(13)21-12)10-20-23-18(24)11-25-19-22-16-8-4-5-9-17(16)26-19/h2-10,21H,11H2,1H3,(H,23,24). The lowest BCUT2D eigenvalue weighted by Gasteiger charge is -1.98. The van der Waals surface area contributed by atoms with Gasteiger partial charge < -0.3 is 4.98 Å². The second-order valence-electron chi connectivity index (χ2n) is 5.74. The number of para-hydroxylation sites is 2. The Balaban J connectivity index is 1.37. The van der Waals surface area contributed by atoms with E-state index in [9.17, 15) is 4.79 Å². The molecule has 2 heterocycles. The predicted octanol–water partition coefficient (Wildman–Crippen LogP) is 4.33. The average molecular weight is 380 g/mol. The van der Waals surface area contributed by atoms with E-state index in [0.717, 1.165) is 36.7 Å². The number of fused-ring (bicyclic) bond motifs is 2. The number of hydrazone groups is 1. The van der Waals surface area contributed by atoms with Crippen molar-refractivity contribution in [2.45, 2.75) is 11.3 Å². The van der Waals surface area contributed by atoms with Crippen LogP contribution in [0.3, 0.4) is 0 Å². The van der Waals surface area contributed by atoms with E-state index in [-0.39, 0.29) is 11.7 Å². The van der Waals surface area contributed by atoms with Gasteiger partial charge in [-0.2, -0.15) is 5.10 Å². The van der Waals surface area contributed by atoms with Gasteiger partial charge >= 0.3 is 0 Å². The van der Waals surface area contributed by atoms with E-state index >= 15 is 0 Å². The van der Waals surface area contributed by atoms with Crippen LogP contribution in [0.5, 0.6) is 0 Å². The van der Waals surface area contributed by atoms with Crippen LogP contribution in [0.25, 0.3) is 21.1 Å². The number of amides is 1. The molecule has 4 rings (SSSR count). The summed E-state index contributed by atoms with van der Waals surface area (Å²) in [5, 5.41) is 5.19. The van der Waals surface area contributed by atoms with Gasteiger partial charge in [0.2, 0.25) is 0 Å². The number of benzene rings is 2. The summed E-state index contributed by atoms with van der Waals surface area (Å²) >= 11 is 3.02. The highest BCUT2D eigenvalue weighted by atomic mass is 32.2. The van der Waals surface area contributed by atoms with Crippen LogP contribution in [0.4, 0.5) is 0 Å². The highest BCUT2D eigenvalue weighted by Gasteiger charge is 2.08. The van der Waals surface area contributed by atoms with Crippen molar-refractivity contribution < 1.29 is 4.79 Å². The molecule has 5 nitrogen and oxygen atoms in total. The van der Waals surface area contributed by atoms with Gasteiger partial charge in [-0.15, -0.1) is 11.3 Å². The van der Waals surface area contributed by atoms with E-state index in [1.165, 1.54) is 11.8 Å². The summed E-state index contributed by atoms with van der Waals surface area (Å²) in [6.07, 6.45) is 1.69. The maximum Gasteiger partial charge on any atom is 0.250 e. The molecule has 0 aliphatic rings. The number of hydrogen-bond acceptors (Lipinski definition) is 5. The van der Waals surface area contributed by atoms with Gasteiger partial charge in [0, 0.05) is 22.2 Å². The summed E-state index contributed by atoms with van der Waals surface area (Å²) in [7, 11) is 0. The summed E-state index contributed by atoms with van der Waals surface area (Å²) in [6, 6.07) is 16.0. The summed E-state index contributed by atoms with van der Waals surface area (Å²) in [5.74, 6) is 0.132. The monoisotopic (exact) mass is 380 g/mol. The van der Waals surface area contributed by atoms with Crippen LogP contribution in [0.1, 0.15) is 11.3 Å². The first-order valence-corrected chi connectivity index (χ1v) is 9.88. The van der Waals surface area contributed by atoms with E-state index in [4.69, 9.17) is 0 Å². The SMILES string of the molecule is Cc1[nH]c2ccccc2c1C=NNC(=O)CSc1nc2ccccc2s1. The van der Waals surface area contributed by atoms with E-state index in [2.05, 4.69) is 20.5 Å². The van der Waals surface area contributed by atoms with Gasteiger partial charge in [0.1, 0.15) is 0 Å². The van der Waals surface area contributed by atoms with Gasteiger partial charge in [0.25, 0.3) is 5.91 Å². The van der Waals surface area contributed by atoms with Crippen LogP contribution in [-0.4, -0.2) is 27.8 Å². The number of nitrogens with zero attached hydrogens (tertiary/aromatic N) is 2. The van der Waals surface area contributed by atoms with Crippen molar-refractivity contribution in [2.24, 2.45) is 5.10 Å². The zero-order valence-electron chi connectivity index (χ0n) is 14.0. The largest absolute Gasteiger partial charge is 0.358 e. The zero-order valence-corrected chi connectivity index (χ0v) is 15.7. The van der Waals surface area contributed by atoms with Crippen molar-refractivity contribution in [2.75, 3.05) is 5.75 Å². The van der Waals surface area contributed by atoms with Gasteiger partial charge in [-0.05, 0) is 25.1 Å². The molecule has 130 valence electrons. The Bertz CT molecular complexity index is 1080. The van der Waals surface area contributed by atoms with E-state index in [1.807, 2.05) is 55.5 Å². The molecular weight excluding hydrogens is 364 g/mol. The first kappa shape index (κ1) is 16.8. The second-order valence-corrected chi connectivity index (χ2v) is 7.99. The Morgan fingerprint density at radius 2 is 2.08 bits per heavy atom. The number of carbonyl (C=O) groups is 1. The minimum atomic E-state index is -0.150. The number of H-pyrrole nitrogens is 1. The summed E-state index contributed by atoms with van der Waals surface area (Å²) in [6.45, 7) is 1.99. The van der Waals surface area contributed by atoms with Gasteiger partial charge in [-0.3, -0.25) is 4.79 Å². The number of thioether (sulfide) groups is 1. The van der Waals surface area contributed by atoms with Crippen molar-refractivity contribution in [3.05, 3.63) is 59.8 Å². The molecule has 2 aromatic carbocycles. The van der Waals surface area contributed by atoms with Crippen molar-refractivity contribution in [1.82, 2.24) is 15.4 Å². The van der Waals surface area contributed by atoms with E-state index in [1.54, 1.807) is 17.6 Å². The molecule has 1 amide bonds. The molecule has 0 bridgehead atoms. The van der Waals surface area contributed by atoms with Crippen molar-refractivity contribution >= 4 is 56.3 Å². The Labute approximate surface area is 158 Å². The molecule has 7 heteroatoms. The zero-order chi connectivity index (χ0) is 17.9. The molecule has 2 aromatic heterocycles. The fourth-order valence-corrected chi connectivity index (χ4v) is 4.57. The Kier molecular flexibility index (Phi) is 4.73. The molecule has 0 unspecified atom stereocenters. The normalized spacial score (nSPS) is 11.6. The summed E-state index contributed by atoms with van der Waals surface area (Å²) < 4.78 is 2.01. The number of thiazole rings is 1. The molecule has 2 N–H and O–H groups in total. The first-order valence-electron chi connectivity index (χ1n) is 8.08. The molecule has 0 saturated heterocycles. The lowest BCUT2D eigenvalue weighted by atomic mass is 10.1. The molecule has 0 fully saturated rings. The van der Waals surface area contributed by atoms with Crippen LogP contribution in [0, 0.1) is 6.92 Å². The summed E-state index contributed by atoms with van der Waals surface area (Å²) in [5.41, 5.74) is 6.62. The summed E-state index contributed by atoms with van der Waals surface area (Å²) in [4.78, 5) is 19.9. The molecular formula is C19H16N4OS2. The number of nitrogens with one attached hydrogen (secondary N) is 2. The molecule has 4 aromatic rings. The highest BCUT2D eigenvalue weighted by molar-refractivity contribution is 8.01. The Hall–Kier alpha value is -2.64. The number of aromatic amines is 1. The maximum absolute atomic E-state index is 12.0. The first-order chi connectivity index (χ1) is 12.7. The molecule has 0 aliphatic heterocycles. The van der Waals surface area contributed by atoms with Crippen molar-refractivity contribution in [3.63, 3.8) is 0 Å². The van der Waals surface area contributed by atoms with Gasteiger partial charge in [-0.25, -0.2) is 10.4 Å². The average Bonchev–Trinajstić information content (AvgIpc) is 3.20. The third kappa shape index (κ3) is 3.49. The van der Waals surface area contributed by atoms with Crippen molar-refractivity contribution in [3.8, 4) is 0 Å². The minimum Gasteiger partial charge on any atom is -0.358 e. The Morgan fingerprint density at radius 1 is 1.27 bits per heavy atom. The third-order valence-electron chi connectivity index (χ3n) is 3.93. The fraction of sp³-hybridized carbons (Fsp3) is 0.105. The molecule has 0 radical (unpaired) electrons. The predicted molar refractivity (Wildman–Crippen MR) is 109 cm³/mol. The molecule has 0 saturated carbocycles. The third-order valence-corrected chi connectivity index (χ3v) is 6.11. The lowest BCUT2D eigenvalue weighted by Crippen LogP contribution is -2.19. The second kappa shape index (κ2) is 7.31. The minimum absolute atomic E-state index is 0.150. The van der Waals surface area contributed by atoms with Gasteiger partial charge in [-0.1, -0.05) is 42.1 Å². The highest BCUT2D eigenvalue weighted by Crippen LogP contribution is 2.29. The van der Waals surface area contributed by atoms with Crippen LogP contribution >= 0.6 is 23.1 Å². The Morgan fingerprint density at radius 3 is 2.96 bits per heavy atom. The molecule has 0 spiro atoms. The lowest BCUT2D eigenvalue weighted by molar-refractivity contribution is -0.118. The van der Waals surface area contributed by atoms with Crippen LogP contribution in [-0.2, 0) is 4.79 Å². The number of carbonyl (C=O) groups excluding carboxylic acids is 1. The van der Waals surface area contributed by atoms with E-state index < -0.39 is 0 Å². The fourth-order valence-electron chi connectivity index (χ4n) is 2.71. The smallest absolute Gasteiger partial charge is 0.250 e. The van der Waals surface area contributed by atoms with Crippen LogP contribution < -0.4 is 5.43 Å². The molecule has 26 heavy (non-hydrogen) atoms. The number of rotatable bonds is 5. The maximum atomic E-state index is 12.0. The van der Waals surface area contributed by atoms with Crippen molar-refractivity contribution in [1.29, 1.82) is 0 Å². The van der Waals surface area contributed by atoms with Gasteiger partial charge in [0.05, 0.1) is 22.2 Å². The van der Waals surface area contributed by atoms with Gasteiger partial charge in [0.15, 0.2) is 4.34 Å². The number of hydrogen-bond donors (Lipinski definition) is 2. The molecule has 0 aliphatic carbocycles.